The maximum atomic E-state index is 13.5. The van der Waals surface area contributed by atoms with E-state index in [1.807, 2.05) is 6.08 Å². The molecular weight excluding hydrogens is 273 g/mol. The Morgan fingerprint density at radius 3 is 2.35 bits per heavy atom. The number of ether oxygens (including phenoxy) is 2. The van der Waals surface area contributed by atoms with E-state index in [2.05, 4.69) is 0 Å². The molecule has 0 spiro atoms. The minimum Gasteiger partial charge on any atom is -0.458 e. The van der Waals surface area contributed by atoms with E-state index in [-0.39, 0.29) is 11.8 Å². The van der Waals surface area contributed by atoms with Crippen molar-refractivity contribution < 1.29 is 27.4 Å². The first-order valence-electron chi connectivity index (χ1n) is 6.72. The van der Waals surface area contributed by atoms with E-state index in [1.54, 1.807) is 26.8 Å². The minimum atomic E-state index is -4.76. The van der Waals surface area contributed by atoms with Crippen molar-refractivity contribution in [3.63, 3.8) is 0 Å². The summed E-state index contributed by atoms with van der Waals surface area (Å²) in [5.74, 6) is -2.39. The van der Waals surface area contributed by atoms with Gasteiger partial charge in [0.2, 0.25) is 0 Å². The number of alkyl halides is 3. The molecule has 0 N–H and O–H groups in total. The molecule has 1 aliphatic heterocycles. The van der Waals surface area contributed by atoms with Crippen LogP contribution in [-0.4, -0.2) is 29.5 Å². The highest BCUT2D eigenvalue weighted by molar-refractivity contribution is 5.83. The number of hydrogen-bond donors (Lipinski definition) is 0. The van der Waals surface area contributed by atoms with Gasteiger partial charge in [-0.3, -0.25) is 0 Å². The number of halogens is 3. The van der Waals surface area contributed by atoms with Crippen molar-refractivity contribution >= 4 is 5.97 Å². The third-order valence-corrected chi connectivity index (χ3v) is 4.30. The molecule has 0 aromatic rings. The topological polar surface area (TPSA) is 35.5 Å². The monoisotopic (exact) mass is 290 g/mol. The summed E-state index contributed by atoms with van der Waals surface area (Å²) in [7, 11) is 0. The van der Waals surface area contributed by atoms with Gasteiger partial charge in [-0.15, -0.1) is 0 Å². The Labute approximate surface area is 115 Å². The molecular formula is C14H17F3O3. The SMILES string of the molecule is CC(C)(C)OC(=O)C1(C(F)(F)F)OC2C3C=CC(C3)C21. The van der Waals surface area contributed by atoms with Gasteiger partial charge in [-0.1, -0.05) is 12.2 Å². The highest BCUT2D eigenvalue weighted by atomic mass is 19.4. The Morgan fingerprint density at radius 1 is 1.25 bits per heavy atom. The molecule has 3 rings (SSSR count). The maximum Gasteiger partial charge on any atom is 0.428 e. The van der Waals surface area contributed by atoms with Gasteiger partial charge in [0.05, 0.1) is 6.10 Å². The molecule has 3 aliphatic rings. The zero-order valence-electron chi connectivity index (χ0n) is 11.5. The van der Waals surface area contributed by atoms with Gasteiger partial charge in [0, 0.05) is 11.8 Å². The second kappa shape index (κ2) is 3.78. The average molecular weight is 290 g/mol. The smallest absolute Gasteiger partial charge is 0.428 e. The molecule has 20 heavy (non-hydrogen) atoms. The Morgan fingerprint density at radius 2 is 1.85 bits per heavy atom. The predicted octanol–water partition coefficient (Wildman–Crippen LogP) is 2.85. The summed E-state index contributed by atoms with van der Waals surface area (Å²) in [6, 6.07) is 0. The summed E-state index contributed by atoms with van der Waals surface area (Å²) in [4.78, 5) is 12.1. The highest BCUT2D eigenvalue weighted by Gasteiger charge is 2.80. The van der Waals surface area contributed by atoms with E-state index < -0.39 is 35.4 Å². The molecule has 2 fully saturated rings. The highest BCUT2D eigenvalue weighted by Crippen LogP contribution is 2.63. The molecule has 5 unspecified atom stereocenters. The van der Waals surface area contributed by atoms with Crippen LogP contribution in [0.1, 0.15) is 27.2 Å². The van der Waals surface area contributed by atoms with Gasteiger partial charge in [0.1, 0.15) is 5.60 Å². The van der Waals surface area contributed by atoms with Gasteiger partial charge in [-0.05, 0) is 33.1 Å². The zero-order valence-corrected chi connectivity index (χ0v) is 11.5. The predicted molar refractivity (Wildman–Crippen MR) is 63.7 cm³/mol. The zero-order chi connectivity index (χ0) is 14.9. The van der Waals surface area contributed by atoms with E-state index in [0.29, 0.717) is 6.42 Å². The van der Waals surface area contributed by atoms with E-state index >= 15 is 0 Å². The van der Waals surface area contributed by atoms with E-state index in [4.69, 9.17) is 9.47 Å². The summed E-state index contributed by atoms with van der Waals surface area (Å²) in [6.45, 7) is 4.64. The summed E-state index contributed by atoms with van der Waals surface area (Å²) in [5.41, 5.74) is -3.76. The van der Waals surface area contributed by atoms with E-state index in [9.17, 15) is 18.0 Å². The molecule has 2 bridgehead atoms. The molecule has 3 nitrogen and oxygen atoms in total. The number of carbonyl (C=O) groups excluding carboxylic acids is 1. The van der Waals surface area contributed by atoms with Crippen molar-refractivity contribution in [2.75, 3.05) is 0 Å². The van der Waals surface area contributed by atoms with E-state index in [1.165, 1.54) is 0 Å². The number of hydrogen-bond acceptors (Lipinski definition) is 3. The molecule has 0 aromatic heterocycles. The summed E-state index contributed by atoms with van der Waals surface area (Å²) in [5, 5.41) is 0. The van der Waals surface area contributed by atoms with Gasteiger partial charge >= 0.3 is 12.1 Å². The first kappa shape index (κ1) is 13.9. The molecule has 0 radical (unpaired) electrons. The molecule has 112 valence electrons. The second-order valence-corrected chi connectivity index (χ2v) is 6.79. The average Bonchev–Trinajstić information content (AvgIpc) is 2.68. The summed E-state index contributed by atoms with van der Waals surface area (Å²) < 4.78 is 50.6. The number of carbonyl (C=O) groups is 1. The van der Waals surface area contributed by atoms with Crippen LogP contribution in [0.25, 0.3) is 0 Å². The second-order valence-electron chi connectivity index (χ2n) is 6.79. The van der Waals surface area contributed by atoms with Gasteiger partial charge in [-0.25, -0.2) is 4.79 Å². The third kappa shape index (κ3) is 1.66. The Hall–Kier alpha value is -1.04. The van der Waals surface area contributed by atoms with Crippen molar-refractivity contribution in [2.45, 2.75) is 50.7 Å². The van der Waals surface area contributed by atoms with Crippen LogP contribution >= 0.6 is 0 Å². The molecule has 1 saturated carbocycles. The largest absolute Gasteiger partial charge is 0.458 e. The first-order chi connectivity index (χ1) is 9.06. The number of rotatable bonds is 1. The van der Waals surface area contributed by atoms with E-state index in [0.717, 1.165) is 0 Å². The lowest BCUT2D eigenvalue weighted by molar-refractivity contribution is -0.374. The number of allylic oxidation sites excluding steroid dienone is 1. The quantitative estimate of drug-likeness (QED) is 0.550. The van der Waals surface area contributed by atoms with Crippen molar-refractivity contribution in [1.29, 1.82) is 0 Å². The van der Waals surface area contributed by atoms with Crippen LogP contribution in [0.15, 0.2) is 12.2 Å². The standard InChI is InChI=1S/C14H17F3O3/c1-12(2,3)20-11(18)13(14(15,16)17)9-7-4-5-8(6-7)10(9)19-13/h4-5,7-10H,6H2,1-3H3. The van der Waals surface area contributed by atoms with Gasteiger partial charge in [-0.2, -0.15) is 13.2 Å². The van der Waals surface area contributed by atoms with Crippen LogP contribution in [0.2, 0.25) is 0 Å². The number of esters is 1. The van der Waals surface area contributed by atoms with Crippen molar-refractivity contribution in [1.82, 2.24) is 0 Å². The molecule has 5 atom stereocenters. The lowest BCUT2D eigenvalue weighted by Crippen LogP contribution is -2.73. The van der Waals surface area contributed by atoms with Crippen molar-refractivity contribution in [3.05, 3.63) is 12.2 Å². The molecule has 1 saturated heterocycles. The normalized spacial score (nSPS) is 42.3. The lowest BCUT2D eigenvalue weighted by atomic mass is 9.70. The molecule has 0 amide bonds. The molecule has 0 aromatic carbocycles. The third-order valence-electron chi connectivity index (χ3n) is 4.30. The van der Waals surface area contributed by atoms with Crippen LogP contribution in [0.4, 0.5) is 13.2 Å². The van der Waals surface area contributed by atoms with Gasteiger partial charge < -0.3 is 9.47 Å². The fourth-order valence-corrected chi connectivity index (χ4v) is 3.60. The van der Waals surface area contributed by atoms with Crippen LogP contribution in [0.5, 0.6) is 0 Å². The van der Waals surface area contributed by atoms with Crippen LogP contribution < -0.4 is 0 Å². The molecule has 6 heteroatoms. The van der Waals surface area contributed by atoms with Crippen LogP contribution in [-0.2, 0) is 14.3 Å². The van der Waals surface area contributed by atoms with Crippen molar-refractivity contribution in [2.24, 2.45) is 17.8 Å². The Bertz CT molecular complexity index is 477. The molecule has 2 aliphatic carbocycles. The Kier molecular flexibility index (Phi) is 2.63. The lowest BCUT2D eigenvalue weighted by Gasteiger charge is -2.54. The van der Waals surface area contributed by atoms with Gasteiger partial charge in [0.15, 0.2) is 0 Å². The summed E-state index contributed by atoms with van der Waals surface area (Å²) in [6.07, 6.45) is -0.954. The first-order valence-corrected chi connectivity index (χ1v) is 6.72. The summed E-state index contributed by atoms with van der Waals surface area (Å²) >= 11 is 0. The number of fused-ring (bicyclic) bond motifs is 5. The van der Waals surface area contributed by atoms with Crippen LogP contribution in [0, 0.1) is 17.8 Å². The van der Waals surface area contributed by atoms with Gasteiger partial charge in [0.25, 0.3) is 5.60 Å². The fraction of sp³-hybridized carbons (Fsp3) is 0.786. The minimum absolute atomic E-state index is 0.00270. The fourth-order valence-electron chi connectivity index (χ4n) is 3.60. The van der Waals surface area contributed by atoms with Crippen molar-refractivity contribution in [3.8, 4) is 0 Å². The maximum absolute atomic E-state index is 13.5. The molecule has 1 heterocycles. The van der Waals surface area contributed by atoms with Crippen LogP contribution in [0.3, 0.4) is 0 Å². The Balaban J connectivity index is 1.93.